The van der Waals surface area contributed by atoms with E-state index >= 15 is 0 Å². The molecule has 0 saturated heterocycles. The maximum Gasteiger partial charge on any atom is 0.488 e. The molecule has 0 heterocycles. The third-order valence-electron chi connectivity index (χ3n) is 1.70. The van der Waals surface area contributed by atoms with Crippen molar-refractivity contribution in [3.05, 3.63) is 29.3 Å². The summed E-state index contributed by atoms with van der Waals surface area (Å²) in [4.78, 5) is 0. The van der Waals surface area contributed by atoms with E-state index in [4.69, 9.17) is 10.0 Å². The zero-order valence-electron chi connectivity index (χ0n) is 10.7. The van der Waals surface area contributed by atoms with Crippen molar-refractivity contribution in [2.45, 2.75) is 49.0 Å². The Balaban J connectivity index is -0.000000305. The zero-order chi connectivity index (χ0) is 12.4. The van der Waals surface area contributed by atoms with Crippen LogP contribution in [0.3, 0.4) is 0 Å². The smallest absolute Gasteiger partial charge is 0.423 e. The maximum atomic E-state index is 8.85. The molecule has 2 nitrogen and oxygen atoms in total. The highest BCUT2D eigenvalue weighted by Gasteiger charge is 2.12. The Kier molecular flexibility index (Phi) is 15.8. The molecule has 1 aromatic rings. The molecule has 1 aromatic carbocycles. The van der Waals surface area contributed by atoms with Gasteiger partial charge in [-0.3, -0.25) is 0 Å². The molecule has 0 amide bonds. The highest BCUT2D eigenvalue weighted by atomic mass is 16.4. The second kappa shape index (κ2) is 12.3. The van der Waals surface area contributed by atoms with Crippen LogP contribution in [0, 0.1) is 13.8 Å². The Hall–Kier alpha value is -0.795. The lowest BCUT2D eigenvalue weighted by Gasteiger charge is -2.04. The molecule has 3 heteroatoms. The molecular weight excluding hydrogens is 199 g/mol. The lowest BCUT2D eigenvalue weighted by atomic mass is 9.77. The van der Waals surface area contributed by atoms with Crippen LogP contribution in [0.2, 0.25) is 0 Å². The molecular formula is C13H27BO2. The van der Waals surface area contributed by atoms with Crippen LogP contribution in [-0.4, -0.2) is 17.2 Å². The van der Waals surface area contributed by atoms with Crippen LogP contribution in [0.25, 0.3) is 0 Å². The molecule has 16 heavy (non-hydrogen) atoms. The van der Waals surface area contributed by atoms with Crippen molar-refractivity contribution < 1.29 is 10.0 Å². The molecule has 0 unspecified atom stereocenters. The minimum absolute atomic E-state index is 0. The van der Waals surface area contributed by atoms with Gasteiger partial charge < -0.3 is 10.0 Å². The quantitative estimate of drug-likeness (QED) is 0.723. The van der Waals surface area contributed by atoms with E-state index in [9.17, 15) is 0 Å². The van der Waals surface area contributed by atoms with Crippen molar-refractivity contribution in [2.75, 3.05) is 0 Å². The van der Waals surface area contributed by atoms with Gasteiger partial charge in [-0.15, -0.1) is 0 Å². The summed E-state index contributed by atoms with van der Waals surface area (Å²) in [5, 5.41) is 17.7. The zero-order valence-corrected chi connectivity index (χ0v) is 10.7. The van der Waals surface area contributed by atoms with Crippen LogP contribution in [-0.2, 0) is 0 Å². The first-order chi connectivity index (χ1) is 7.11. The lowest BCUT2D eigenvalue weighted by molar-refractivity contribution is 0.425. The Morgan fingerprint density at radius 3 is 1.69 bits per heavy atom. The van der Waals surface area contributed by atoms with E-state index in [1.807, 2.05) is 53.7 Å². The van der Waals surface area contributed by atoms with Crippen LogP contribution in [0.5, 0.6) is 0 Å². The van der Waals surface area contributed by atoms with Gasteiger partial charge in [0.05, 0.1) is 0 Å². The van der Waals surface area contributed by atoms with Crippen LogP contribution >= 0.6 is 0 Å². The second-order valence-electron chi connectivity index (χ2n) is 2.73. The average molecular weight is 226 g/mol. The van der Waals surface area contributed by atoms with E-state index in [0.29, 0.717) is 5.46 Å². The van der Waals surface area contributed by atoms with Crippen molar-refractivity contribution in [3.63, 3.8) is 0 Å². The van der Waals surface area contributed by atoms with Gasteiger partial charge in [0, 0.05) is 0 Å². The number of hydrogen-bond acceptors (Lipinski definition) is 2. The molecule has 94 valence electrons. The van der Waals surface area contributed by atoms with Crippen LogP contribution in [0.1, 0.15) is 46.2 Å². The molecule has 0 saturated carbocycles. The minimum Gasteiger partial charge on any atom is -0.423 e. The summed E-state index contributed by atoms with van der Waals surface area (Å²) in [6, 6.07) is 5.52. The molecule has 0 aromatic heterocycles. The predicted octanol–water partition coefficient (Wildman–Crippen LogP) is 2.67. The van der Waals surface area contributed by atoms with Crippen molar-refractivity contribution in [3.8, 4) is 0 Å². The topological polar surface area (TPSA) is 40.5 Å². The van der Waals surface area contributed by atoms with Gasteiger partial charge in [-0.25, -0.2) is 0 Å². The van der Waals surface area contributed by atoms with Gasteiger partial charge >= 0.3 is 7.12 Å². The normalized spacial score (nSPS) is 7.50. The van der Waals surface area contributed by atoms with Gasteiger partial charge in [0.2, 0.25) is 0 Å². The molecule has 1 rings (SSSR count). The maximum absolute atomic E-state index is 8.85. The third kappa shape index (κ3) is 7.49. The van der Waals surface area contributed by atoms with Gasteiger partial charge in [-0.05, 0) is 19.3 Å². The molecule has 0 aliphatic heterocycles. The lowest BCUT2D eigenvalue weighted by Crippen LogP contribution is -2.31. The van der Waals surface area contributed by atoms with Crippen molar-refractivity contribution >= 4 is 12.6 Å². The molecule has 2 N–H and O–H groups in total. The number of benzene rings is 1. The average Bonchev–Trinajstić information content (AvgIpc) is 2.23. The fourth-order valence-corrected chi connectivity index (χ4v) is 1.12. The van der Waals surface area contributed by atoms with Crippen molar-refractivity contribution in [2.24, 2.45) is 0 Å². The summed E-state index contributed by atoms with van der Waals surface area (Å²) >= 11 is 0. The Morgan fingerprint density at radius 1 is 0.938 bits per heavy atom. The Labute approximate surface area is 101 Å². The highest BCUT2D eigenvalue weighted by Crippen LogP contribution is 1.99. The third-order valence-corrected chi connectivity index (χ3v) is 1.70. The fourth-order valence-electron chi connectivity index (χ4n) is 1.12. The van der Waals surface area contributed by atoms with Crippen LogP contribution < -0.4 is 5.46 Å². The van der Waals surface area contributed by atoms with E-state index in [1.54, 1.807) is 6.07 Å². The molecule has 0 aliphatic rings. The van der Waals surface area contributed by atoms with Gasteiger partial charge in [-0.1, -0.05) is 64.4 Å². The van der Waals surface area contributed by atoms with Crippen LogP contribution in [0.15, 0.2) is 18.2 Å². The number of aryl methyl sites for hydroxylation is 2. The summed E-state index contributed by atoms with van der Waals surface area (Å²) in [6.45, 7) is 11.8. The van der Waals surface area contributed by atoms with Crippen molar-refractivity contribution in [1.82, 2.24) is 0 Å². The molecule has 0 fully saturated rings. The summed E-state index contributed by atoms with van der Waals surface area (Å²) in [7, 11) is -1.35. The van der Waals surface area contributed by atoms with E-state index in [-0.39, 0.29) is 7.43 Å². The molecule has 0 radical (unpaired) electrons. The monoisotopic (exact) mass is 226 g/mol. The summed E-state index contributed by atoms with van der Waals surface area (Å²) in [5.41, 5.74) is 2.63. The highest BCUT2D eigenvalue weighted by molar-refractivity contribution is 6.59. The molecule has 0 aliphatic carbocycles. The summed E-state index contributed by atoms with van der Waals surface area (Å²) in [5.74, 6) is 0. The first-order valence-electron chi connectivity index (χ1n) is 5.54. The standard InChI is InChI=1S/C8H11BO2.2C2H6.CH4/c1-6-3-4-8(9(10)11)7(2)5-6;2*1-2;/h3-5,10-11H,1-2H3;2*1-2H3;1H4. The molecule has 0 bridgehead atoms. The Morgan fingerprint density at radius 2 is 1.38 bits per heavy atom. The first-order valence-corrected chi connectivity index (χ1v) is 5.54. The Bertz CT molecular complexity index is 260. The van der Waals surface area contributed by atoms with Gasteiger partial charge in [0.25, 0.3) is 0 Å². The summed E-state index contributed by atoms with van der Waals surface area (Å²) in [6.07, 6.45) is 0. The van der Waals surface area contributed by atoms with Crippen molar-refractivity contribution in [1.29, 1.82) is 0 Å². The largest absolute Gasteiger partial charge is 0.488 e. The first kappa shape index (κ1) is 20.6. The number of hydrogen-bond donors (Lipinski definition) is 2. The van der Waals surface area contributed by atoms with Gasteiger partial charge in [0.15, 0.2) is 0 Å². The van der Waals surface area contributed by atoms with E-state index < -0.39 is 7.12 Å². The van der Waals surface area contributed by atoms with Gasteiger partial charge in [0.1, 0.15) is 0 Å². The van der Waals surface area contributed by atoms with E-state index in [1.165, 1.54) is 0 Å². The van der Waals surface area contributed by atoms with E-state index in [2.05, 4.69) is 0 Å². The predicted molar refractivity (Wildman–Crippen MR) is 75.2 cm³/mol. The van der Waals surface area contributed by atoms with Crippen LogP contribution in [0.4, 0.5) is 0 Å². The minimum atomic E-state index is -1.35. The number of rotatable bonds is 1. The SMILES string of the molecule is C.CC.CC.Cc1ccc(B(O)O)c(C)c1. The van der Waals surface area contributed by atoms with E-state index in [0.717, 1.165) is 11.1 Å². The second-order valence-corrected chi connectivity index (χ2v) is 2.73. The summed E-state index contributed by atoms with van der Waals surface area (Å²) < 4.78 is 0. The fraction of sp³-hybridized carbons (Fsp3) is 0.538. The molecule has 0 spiro atoms. The molecule has 0 atom stereocenters. The van der Waals surface area contributed by atoms with Gasteiger partial charge in [-0.2, -0.15) is 0 Å².